The van der Waals surface area contributed by atoms with Crippen LogP contribution in [0.1, 0.15) is 11.1 Å². The van der Waals surface area contributed by atoms with E-state index >= 15 is 0 Å². The summed E-state index contributed by atoms with van der Waals surface area (Å²) in [5, 5.41) is 22.5. The van der Waals surface area contributed by atoms with Crippen molar-refractivity contribution < 1.29 is 26.7 Å². The summed E-state index contributed by atoms with van der Waals surface area (Å²) >= 11 is 1.25. The first kappa shape index (κ1) is 26.1. The van der Waals surface area contributed by atoms with E-state index in [1.54, 1.807) is 12.3 Å². The van der Waals surface area contributed by atoms with Crippen LogP contribution >= 0.6 is 11.8 Å². The molecular formula is C21H19N3O8S3. The molecule has 0 aliphatic rings. The van der Waals surface area contributed by atoms with Gasteiger partial charge in [-0.05, 0) is 56.5 Å². The lowest BCUT2D eigenvalue weighted by molar-refractivity contribution is -0.385. The van der Waals surface area contributed by atoms with Gasteiger partial charge in [0.25, 0.3) is 31.4 Å². The minimum Gasteiger partial charge on any atom is -0.258 e. The Balaban J connectivity index is 2.32. The molecule has 3 aromatic carbocycles. The molecule has 35 heavy (non-hydrogen) atoms. The molecule has 0 bridgehead atoms. The van der Waals surface area contributed by atoms with Crippen LogP contribution in [-0.2, 0) is 20.0 Å². The van der Waals surface area contributed by atoms with Gasteiger partial charge in [-0.1, -0.05) is 12.1 Å². The van der Waals surface area contributed by atoms with Crippen LogP contribution in [0.2, 0.25) is 0 Å². The van der Waals surface area contributed by atoms with Gasteiger partial charge in [0.1, 0.15) is 0 Å². The normalized spacial score (nSPS) is 11.7. The molecule has 0 aromatic heterocycles. The molecule has 3 rings (SSSR count). The predicted octanol–water partition coefficient (Wildman–Crippen LogP) is 4.43. The van der Waals surface area contributed by atoms with Gasteiger partial charge in [0.05, 0.1) is 25.3 Å². The summed E-state index contributed by atoms with van der Waals surface area (Å²) in [6.07, 6.45) is 1.72. The van der Waals surface area contributed by atoms with Gasteiger partial charge < -0.3 is 0 Å². The lowest BCUT2D eigenvalue weighted by Gasteiger charge is -2.24. The van der Waals surface area contributed by atoms with Crippen LogP contribution in [0.15, 0.2) is 75.4 Å². The minimum absolute atomic E-state index is 0.0114. The van der Waals surface area contributed by atoms with Crippen LogP contribution < -0.4 is 3.71 Å². The Hall–Kier alpha value is -3.49. The molecule has 0 fully saturated rings. The van der Waals surface area contributed by atoms with Gasteiger partial charge in [-0.3, -0.25) is 20.2 Å². The topological polar surface area (TPSA) is 158 Å². The summed E-state index contributed by atoms with van der Waals surface area (Å²) in [4.78, 5) is 20.6. The Labute approximate surface area is 205 Å². The van der Waals surface area contributed by atoms with Crippen molar-refractivity contribution >= 4 is 48.9 Å². The second-order valence-electron chi connectivity index (χ2n) is 7.32. The Morgan fingerprint density at radius 2 is 1.31 bits per heavy atom. The summed E-state index contributed by atoms with van der Waals surface area (Å²) in [6, 6.07) is 11.8. The minimum atomic E-state index is -4.90. The molecule has 0 heterocycles. The molecule has 0 saturated heterocycles. The molecule has 184 valence electrons. The first-order chi connectivity index (χ1) is 16.3. The fourth-order valence-electron chi connectivity index (χ4n) is 3.26. The fraction of sp³-hybridized carbons (Fsp3) is 0.143. The Morgan fingerprint density at radius 1 is 0.743 bits per heavy atom. The predicted molar refractivity (Wildman–Crippen MR) is 131 cm³/mol. The zero-order valence-corrected chi connectivity index (χ0v) is 21.1. The Bertz CT molecular complexity index is 1550. The van der Waals surface area contributed by atoms with Crippen LogP contribution in [-0.4, -0.2) is 32.9 Å². The number of benzene rings is 3. The maximum Gasteiger partial charge on any atom is 0.277 e. The number of nitro benzene ring substituents is 2. The van der Waals surface area contributed by atoms with Gasteiger partial charge in [0.15, 0.2) is 0 Å². The third kappa shape index (κ3) is 4.99. The molecule has 14 heteroatoms. The van der Waals surface area contributed by atoms with Crippen molar-refractivity contribution in [3.63, 3.8) is 0 Å². The largest absolute Gasteiger partial charge is 0.277 e. The molecule has 0 unspecified atom stereocenters. The smallest absolute Gasteiger partial charge is 0.258 e. The van der Waals surface area contributed by atoms with Crippen LogP contribution in [0.4, 0.5) is 17.1 Å². The number of aryl methyl sites for hydroxylation is 2. The highest BCUT2D eigenvalue weighted by Gasteiger charge is 2.38. The SMILES string of the molecule is CSc1cccc(N(S(=O)(=O)c2ccc([N+](=O)[O-])c(C)c2)S(=O)(=O)c2ccc(C)c([N+](=O)[O-])c2)c1. The highest BCUT2D eigenvalue weighted by Crippen LogP contribution is 2.35. The Morgan fingerprint density at radius 3 is 1.86 bits per heavy atom. The van der Waals surface area contributed by atoms with E-state index in [4.69, 9.17) is 0 Å². The molecule has 0 N–H and O–H groups in total. The number of rotatable bonds is 8. The first-order valence-corrected chi connectivity index (χ1v) is 13.9. The molecule has 0 aliphatic heterocycles. The van der Waals surface area contributed by atoms with E-state index in [1.165, 1.54) is 49.9 Å². The fourth-order valence-corrected chi connectivity index (χ4v) is 7.50. The molecule has 0 amide bonds. The number of sulfonamides is 2. The molecule has 11 nitrogen and oxygen atoms in total. The second kappa shape index (κ2) is 9.64. The van der Waals surface area contributed by atoms with Crippen LogP contribution in [0, 0.1) is 34.1 Å². The van der Waals surface area contributed by atoms with Gasteiger partial charge in [-0.2, -0.15) is 3.71 Å². The van der Waals surface area contributed by atoms with E-state index in [0.717, 1.165) is 30.3 Å². The van der Waals surface area contributed by atoms with Gasteiger partial charge >= 0.3 is 0 Å². The van der Waals surface area contributed by atoms with Crippen LogP contribution in [0.3, 0.4) is 0 Å². The lowest BCUT2D eigenvalue weighted by atomic mass is 10.2. The number of hydrogen-bond acceptors (Lipinski definition) is 9. The average molecular weight is 538 g/mol. The summed E-state index contributed by atoms with van der Waals surface area (Å²) in [7, 11) is -9.75. The summed E-state index contributed by atoms with van der Waals surface area (Å²) in [6.45, 7) is 2.75. The number of thioether (sulfide) groups is 1. The highest BCUT2D eigenvalue weighted by atomic mass is 32.3. The number of nitrogens with zero attached hydrogens (tertiary/aromatic N) is 3. The number of nitro groups is 2. The zero-order chi connectivity index (χ0) is 26.1. The van der Waals surface area contributed by atoms with Crippen molar-refractivity contribution in [1.29, 1.82) is 0 Å². The maximum absolute atomic E-state index is 13.7. The van der Waals surface area contributed by atoms with Gasteiger partial charge in [-0.25, -0.2) is 16.8 Å². The third-order valence-corrected chi connectivity index (χ3v) is 9.94. The van der Waals surface area contributed by atoms with E-state index in [-0.39, 0.29) is 26.2 Å². The van der Waals surface area contributed by atoms with Crippen LogP contribution in [0.5, 0.6) is 0 Å². The lowest BCUT2D eigenvalue weighted by Crippen LogP contribution is -2.37. The van der Waals surface area contributed by atoms with Crippen molar-refractivity contribution in [1.82, 2.24) is 0 Å². The van der Waals surface area contributed by atoms with E-state index in [1.807, 2.05) is 0 Å². The summed E-state index contributed by atoms with van der Waals surface area (Å²) < 4.78 is 55.0. The van der Waals surface area contributed by atoms with Crippen molar-refractivity contribution in [2.45, 2.75) is 28.5 Å². The standard InChI is InChI=1S/C21H19N3O8S3/c1-14-7-8-19(13-21(14)23(27)28)35(31,32)24(16-5-4-6-17(12-16)33-3)34(29,30)18-9-10-20(22(25)26)15(2)11-18/h4-13H,1-3H3. The first-order valence-electron chi connectivity index (χ1n) is 9.75. The molecule has 0 radical (unpaired) electrons. The summed E-state index contributed by atoms with van der Waals surface area (Å²) in [5.74, 6) is 0. The van der Waals surface area contributed by atoms with Gasteiger partial charge in [0, 0.05) is 28.2 Å². The van der Waals surface area contributed by atoms with E-state index in [0.29, 0.717) is 4.90 Å². The monoisotopic (exact) mass is 537 g/mol. The molecule has 0 aliphatic carbocycles. The van der Waals surface area contributed by atoms with Crippen molar-refractivity contribution in [2.75, 3.05) is 9.97 Å². The van der Waals surface area contributed by atoms with Crippen molar-refractivity contribution in [2.24, 2.45) is 0 Å². The third-order valence-electron chi connectivity index (χ3n) is 5.04. The molecule has 0 spiro atoms. The van der Waals surface area contributed by atoms with Gasteiger partial charge in [-0.15, -0.1) is 11.8 Å². The molecule has 0 saturated carbocycles. The number of hydrogen-bond donors (Lipinski definition) is 0. The molecule has 3 aromatic rings. The average Bonchev–Trinajstić information content (AvgIpc) is 2.78. The maximum atomic E-state index is 13.7. The summed E-state index contributed by atoms with van der Waals surface area (Å²) in [5.41, 5.74) is -0.851. The van der Waals surface area contributed by atoms with Crippen LogP contribution in [0.25, 0.3) is 0 Å². The highest BCUT2D eigenvalue weighted by molar-refractivity contribution is 8.10. The van der Waals surface area contributed by atoms with E-state index < -0.39 is 45.4 Å². The van der Waals surface area contributed by atoms with Crippen molar-refractivity contribution in [3.8, 4) is 0 Å². The van der Waals surface area contributed by atoms with E-state index in [9.17, 15) is 37.1 Å². The zero-order valence-electron chi connectivity index (χ0n) is 18.6. The quantitative estimate of drug-likeness (QED) is 0.230. The molecule has 0 atom stereocenters. The Kier molecular flexibility index (Phi) is 7.19. The number of anilines is 1. The second-order valence-corrected chi connectivity index (χ2v) is 12.0. The molecular weight excluding hydrogens is 518 g/mol. The van der Waals surface area contributed by atoms with Gasteiger partial charge in [0.2, 0.25) is 0 Å². The van der Waals surface area contributed by atoms with Crippen molar-refractivity contribution in [3.05, 3.63) is 92.0 Å². The van der Waals surface area contributed by atoms with E-state index in [2.05, 4.69) is 0 Å².